The number of aliphatic hydroxyl groups is 1. The van der Waals surface area contributed by atoms with Gasteiger partial charge in [-0.1, -0.05) is 19.1 Å². The van der Waals surface area contributed by atoms with Crippen LogP contribution in [0, 0.1) is 0 Å². The van der Waals surface area contributed by atoms with Crippen LogP contribution in [0.4, 0.5) is 0 Å². The van der Waals surface area contributed by atoms with E-state index in [9.17, 15) is 5.11 Å². The summed E-state index contributed by atoms with van der Waals surface area (Å²) in [5, 5.41) is 17.4. The van der Waals surface area contributed by atoms with Crippen LogP contribution in [0.25, 0.3) is 0 Å². The molecule has 0 aromatic carbocycles. The lowest BCUT2D eigenvalue weighted by Gasteiger charge is -2.11. The summed E-state index contributed by atoms with van der Waals surface area (Å²) in [6.45, 7) is 7.26. The van der Waals surface area contributed by atoms with E-state index in [1.165, 1.54) is 0 Å². The molecule has 0 spiro atoms. The van der Waals surface area contributed by atoms with Crippen LogP contribution in [0.2, 0.25) is 0 Å². The van der Waals surface area contributed by atoms with Crippen molar-refractivity contribution in [3.8, 4) is 0 Å². The highest BCUT2D eigenvalue weighted by molar-refractivity contribution is 5.13. The quantitative estimate of drug-likeness (QED) is 0.759. The Morgan fingerprint density at radius 2 is 2.06 bits per heavy atom. The standard InChI is InChI=1S/C11H22N4O/c1-8(2)11-10(7-12)13-14-15(11)6-4-5-9(3)16/h8-9,16H,4-7,12H2,1-3H3. The lowest BCUT2D eigenvalue weighted by molar-refractivity contribution is 0.178. The van der Waals surface area contributed by atoms with E-state index in [0.29, 0.717) is 12.5 Å². The first-order valence-corrected chi connectivity index (χ1v) is 5.86. The Hall–Kier alpha value is -0.940. The third kappa shape index (κ3) is 3.28. The Labute approximate surface area is 96.6 Å². The van der Waals surface area contributed by atoms with E-state index in [2.05, 4.69) is 24.2 Å². The second-order valence-corrected chi connectivity index (χ2v) is 4.49. The Bertz CT molecular complexity index is 320. The summed E-state index contributed by atoms with van der Waals surface area (Å²) in [5.41, 5.74) is 7.62. The van der Waals surface area contributed by atoms with E-state index in [0.717, 1.165) is 30.8 Å². The number of nitrogens with two attached hydrogens (primary N) is 1. The molecule has 5 nitrogen and oxygen atoms in total. The number of aliphatic hydroxyl groups excluding tert-OH is 1. The zero-order valence-corrected chi connectivity index (χ0v) is 10.3. The molecule has 3 N–H and O–H groups in total. The van der Waals surface area contributed by atoms with E-state index < -0.39 is 0 Å². The van der Waals surface area contributed by atoms with Gasteiger partial charge >= 0.3 is 0 Å². The third-order valence-electron chi connectivity index (χ3n) is 2.58. The molecule has 0 aliphatic heterocycles. The first kappa shape index (κ1) is 13.1. The van der Waals surface area contributed by atoms with E-state index in [-0.39, 0.29) is 6.10 Å². The van der Waals surface area contributed by atoms with Crippen LogP contribution < -0.4 is 5.73 Å². The van der Waals surface area contributed by atoms with Crippen LogP contribution in [0.5, 0.6) is 0 Å². The van der Waals surface area contributed by atoms with Crippen molar-refractivity contribution >= 4 is 0 Å². The monoisotopic (exact) mass is 226 g/mol. The highest BCUT2D eigenvalue weighted by Crippen LogP contribution is 2.17. The summed E-state index contributed by atoms with van der Waals surface area (Å²) in [4.78, 5) is 0. The fourth-order valence-electron chi connectivity index (χ4n) is 1.83. The van der Waals surface area contributed by atoms with Crippen LogP contribution in [0.15, 0.2) is 0 Å². The number of rotatable bonds is 6. The molecule has 1 heterocycles. The van der Waals surface area contributed by atoms with E-state index in [1.807, 2.05) is 4.68 Å². The Balaban J connectivity index is 2.68. The minimum Gasteiger partial charge on any atom is -0.393 e. The fourth-order valence-corrected chi connectivity index (χ4v) is 1.83. The number of hydrogen-bond donors (Lipinski definition) is 2. The highest BCUT2D eigenvalue weighted by Gasteiger charge is 2.14. The number of hydrogen-bond acceptors (Lipinski definition) is 4. The average Bonchev–Trinajstić information content (AvgIpc) is 2.60. The number of aromatic nitrogens is 3. The van der Waals surface area contributed by atoms with Crippen molar-refractivity contribution < 1.29 is 5.11 Å². The summed E-state index contributed by atoms with van der Waals surface area (Å²) in [6.07, 6.45) is 1.44. The molecule has 92 valence electrons. The van der Waals surface area contributed by atoms with Crippen molar-refractivity contribution in [3.63, 3.8) is 0 Å². The summed E-state index contributed by atoms with van der Waals surface area (Å²) in [6, 6.07) is 0. The van der Waals surface area contributed by atoms with Crippen molar-refractivity contribution in [2.75, 3.05) is 0 Å². The van der Waals surface area contributed by atoms with Gasteiger partial charge in [0.25, 0.3) is 0 Å². The van der Waals surface area contributed by atoms with Crippen LogP contribution >= 0.6 is 0 Å². The minimum absolute atomic E-state index is 0.250. The van der Waals surface area contributed by atoms with Gasteiger partial charge in [0.2, 0.25) is 0 Å². The molecule has 0 saturated carbocycles. The molecule has 5 heteroatoms. The van der Waals surface area contributed by atoms with Crippen molar-refractivity contribution in [1.29, 1.82) is 0 Å². The van der Waals surface area contributed by atoms with Gasteiger partial charge in [0.1, 0.15) is 0 Å². The van der Waals surface area contributed by atoms with Crippen molar-refractivity contribution in [2.24, 2.45) is 5.73 Å². The molecule has 0 aliphatic rings. The van der Waals surface area contributed by atoms with Gasteiger partial charge in [-0.15, -0.1) is 5.10 Å². The number of aryl methyl sites for hydroxylation is 1. The molecule has 0 fully saturated rings. The Morgan fingerprint density at radius 3 is 2.56 bits per heavy atom. The van der Waals surface area contributed by atoms with Gasteiger partial charge in [0, 0.05) is 13.1 Å². The second kappa shape index (κ2) is 5.96. The first-order valence-electron chi connectivity index (χ1n) is 5.86. The van der Waals surface area contributed by atoms with E-state index in [1.54, 1.807) is 6.92 Å². The second-order valence-electron chi connectivity index (χ2n) is 4.49. The van der Waals surface area contributed by atoms with Crippen molar-refractivity contribution in [3.05, 3.63) is 11.4 Å². The van der Waals surface area contributed by atoms with E-state index >= 15 is 0 Å². The smallest absolute Gasteiger partial charge is 0.0997 e. The zero-order valence-electron chi connectivity index (χ0n) is 10.3. The maximum absolute atomic E-state index is 9.19. The summed E-state index contributed by atoms with van der Waals surface area (Å²) in [7, 11) is 0. The fraction of sp³-hybridized carbons (Fsp3) is 0.818. The predicted octanol–water partition coefficient (Wildman–Crippen LogP) is 1.02. The van der Waals surface area contributed by atoms with Gasteiger partial charge < -0.3 is 10.8 Å². The van der Waals surface area contributed by atoms with Crippen LogP contribution in [0.3, 0.4) is 0 Å². The summed E-state index contributed by atoms with van der Waals surface area (Å²) >= 11 is 0. The molecule has 0 radical (unpaired) electrons. The highest BCUT2D eigenvalue weighted by atomic mass is 16.3. The molecule has 0 aliphatic carbocycles. The number of nitrogens with zero attached hydrogens (tertiary/aromatic N) is 3. The third-order valence-corrected chi connectivity index (χ3v) is 2.58. The Kier molecular flexibility index (Phi) is 4.89. The minimum atomic E-state index is -0.250. The van der Waals surface area contributed by atoms with Gasteiger partial charge in [0.15, 0.2) is 0 Å². The van der Waals surface area contributed by atoms with Gasteiger partial charge in [-0.25, -0.2) is 4.68 Å². The van der Waals surface area contributed by atoms with Crippen LogP contribution in [-0.2, 0) is 13.1 Å². The topological polar surface area (TPSA) is 77.0 Å². The van der Waals surface area contributed by atoms with Gasteiger partial charge in [-0.05, 0) is 25.7 Å². The van der Waals surface area contributed by atoms with Crippen molar-refractivity contribution in [2.45, 2.75) is 58.7 Å². The van der Waals surface area contributed by atoms with Crippen LogP contribution in [0.1, 0.15) is 50.9 Å². The van der Waals surface area contributed by atoms with Crippen molar-refractivity contribution in [1.82, 2.24) is 15.0 Å². The molecule has 0 amide bonds. The molecule has 16 heavy (non-hydrogen) atoms. The maximum atomic E-state index is 9.19. The molecular weight excluding hydrogens is 204 g/mol. The Morgan fingerprint density at radius 1 is 1.38 bits per heavy atom. The molecular formula is C11H22N4O. The lowest BCUT2D eigenvalue weighted by atomic mass is 10.1. The van der Waals surface area contributed by atoms with Gasteiger partial charge in [-0.3, -0.25) is 0 Å². The largest absolute Gasteiger partial charge is 0.393 e. The molecule has 1 atom stereocenters. The molecule has 0 saturated heterocycles. The first-order chi connectivity index (χ1) is 7.56. The molecule has 0 bridgehead atoms. The normalized spacial score (nSPS) is 13.4. The maximum Gasteiger partial charge on any atom is 0.0997 e. The van der Waals surface area contributed by atoms with E-state index in [4.69, 9.17) is 5.73 Å². The molecule has 1 aromatic rings. The van der Waals surface area contributed by atoms with Gasteiger partial charge in [-0.2, -0.15) is 0 Å². The molecule has 1 unspecified atom stereocenters. The van der Waals surface area contributed by atoms with Crippen LogP contribution in [-0.4, -0.2) is 26.2 Å². The summed E-state index contributed by atoms with van der Waals surface area (Å²) < 4.78 is 1.91. The average molecular weight is 226 g/mol. The zero-order chi connectivity index (χ0) is 12.1. The van der Waals surface area contributed by atoms with Gasteiger partial charge in [0.05, 0.1) is 17.5 Å². The summed E-state index contributed by atoms with van der Waals surface area (Å²) in [5.74, 6) is 0.375. The molecule has 1 aromatic heterocycles. The predicted molar refractivity (Wildman–Crippen MR) is 62.9 cm³/mol. The molecule has 1 rings (SSSR count). The lowest BCUT2D eigenvalue weighted by Crippen LogP contribution is -2.11. The SMILES string of the molecule is CC(O)CCCn1nnc(CN)c1C(C)C.